The van der Waals surface area contributed by atoms with Gasteiger partial charge in [0.2, 0.25) is 0 Å². The number of sulfonamides is 1. The molecule has 7 nitrogen and oxygen atoms in total. The van der Waals surface area contributed by atoms with Crippen molar-refractivity contribution in [3.63, 3.8) is 0 Å². The lowest BCUT2D eigenvalue weighted by Gasteiger charge is -2.13. The Morgan fingerprint density at radius 2 is 1.50 bits per heavy atom. The van der Waals surface area contributed by atoms with Crippen molar-refractivity contribution in [1.82, 2.24) is 14.4 Å². The molecule has 2 heterocycles. The van der Waals surface area contributed by atoms with Gasteiger partial charge in [-0.15, -0.1) is 0 Å². The van der Waals surface area contributed by atoms with Crippen LogP contribution < -0.4 is 10.3 Å². The number of anilines is 1. The Morgan fingerprint density at radius 3 is 2.27 bits per heavy atom. The summed E-state index contributed by atoms with van der Waals surface area (Å²) in [7, 11) is -3.92. The fourth-order valence-electron chi connectivity index (χ4n) is 3.41. The fraction of sp³-hybridized carbons (Fsp3) is 0.0455. The third kappa shape index (κ3) is 2.89. The summed E-state index contributed by atoms with van der Waals surface area (Å²) < 4.78 is 29.9. The van der Waals surface area contributed by atoms with Gasteiger partial charge < -0.3 is 0 Å². The van der Waals surface area contributed by atoms with E-state index in [4.69, 9.17) is 0 Å². The van der Waals surface area contributed by atoms with Crippen LogP contribution in [0.4, 0.5) is 5.82 Å². The highest BCUT2D eigenvalue weighted by Gasteiger charge is 2.20. The molecule has 0 saturated heterocycles. The normalized spacial score (nSPS) is 11.9. The maximum atomic E-state index is 13.2. The third-order valence-electron chi connectivity index (χ3n) is 4.90. The van der Waals surface area contributed by atoms with Crippen molar-refractivity contribution in [2.45, 2.75) is 11.8 Å². The van der Waals surface area contributed by atoms with E-state index >= 15 is 0 Å². The zero-order chi connectivity index (χ0) is 20.9. The molecule has 0 aliphatic rings. The first-order valence-corrected chi connectivity index (χ1v) is 10.7. The summed E-state index contributed by atoms with van der Waals surface area (Å²) in [6.45, 7) is 1.88. The molecule has 0 bridgehead atoms. The van der Waals surface area contributed by atoms with Gasteiger partial charge in [0, 0.05) is 0 Å². The fourth-order valence-corrected chi connectivity index (χ4v) is 4.41. The summed E-state index contributed by atoms with van der Waals surface area (Å²) in [5.74, 6) is -0.00266. The van der Waals surface area contributed by atoms with Gasteiger partial charge in [-0.05, 0) is 43.3 Å². The summed E-state index contributed by atoms with van der Waals surface area (Å²) in [4.78, 5) is 22.4. The van der Waals surface area contributed by atoms with Gasteiger partial charge in [-0.25, -0.2) is 18.4 Å². The molecule has 0 aliphatic carbocycles. The molecule has 2 aromatic heterocycles. The highest BCUT2D eigenvalue weighted by Crippen LogP contribution is 2.23. The van der Waals surface area contributed by atoms with E-state index in [0.717, 1.165) is 5.56 Å². The highest BCUT2D eigenvalue weighted by atomic mass is 32.2. The molecule has 5 rings (SSSR count). The van der Waals surface area contributed by atoms with Crippen molar-refractivity contribution in [2.75, 3.05) is 4.72 Å². The van der Waals surface area contributed by atoms with Crippen LogP contribution in [0.5, 0.6) is 0 Å². The molecule has 0 unspecified atom stereocenters. The van der Waals surface area contributed by atoms with E-state index in [1.165, 1.54) is 16.5 Å². The molecular weight excluding hydrogens is 400 g/mol. The van der Waals surface area contributed by atoms with Crippen LogP contribution in [0.3, 0.4) is 0 Å². The second-order valence-corrected chi connectivity index (χ2v) is 8.64. The molecule has 0 atom stereocenters. The Kier molecular flexibility index (Phi) is 4.04. The Morgan fingerprint density at radius 1 is 0.833 bits per heavy atom. The van der Waals surface area contributed by atoms with Gasteiger partial charge in [0.15, 0.2) is 11.5 Å². The second-order valence-electron chi connectivity index (χ2n) is 6.96. The maximum absolute atomic E-state index is 13.2. The molecule has 0 radical (unpaired) electrons. The van der Waals surface area contributed by atoms with Crippen molar-refractivity contribution in [3.8, 4) is 0 Å². The summed E-state index contributed by atoms with van der Waals surface area (Å²) >= 11 is 0. The predicted molar refractivity (Wildman–Crippen MR) is 116 cm³/mol. The molecule has 5 aromatic rings. The number of fused-ring (bicyclic) bond motifs is 4. The first kappa shape index (κ1) is 18.3. The number of para-hydroxylation sites is 3. The number of nitrogens with zero attached hydrogens (tertiary/aromatic N) is 3. The number of nitrogens with one attached hydrogen (secondary N) is 1. The lowest BCUT2D eigenvalue weighted by Crippen LogP contribution is -2.21. The SMILES string of the molecule is Cc1ccc(S(=O)(=O)Nc2nc3ccccc3n3c(=O)c4ccccc4nc23)cc1. The molecule has 0 aliphatic heterocycles. The summed E-state index contributed by atoms with van der Waals surface area (Å²) in [6, 6.07) is 20.5. The number of hydrogen-bond donors (Lipinski definition) is 1. The van der Waals surface area contributed by atoms with E-state index < -0.39 is 10.0 Å². The largest absolute Gasteiger partial charge is 0.268 e. The predicted octanol–water partition coefficient (Wildman–Crippen LogP) is 3.51. The number of hydrogen-bond acceptors (Lipinski definition) is 5. The van der Waals surface area contributed by atoms with Crippen LogP contribution in [0.15, 0.2) is 82.5 Å². The van der Waals surface area contributed by atoms with Crippen LogP contribution >= 0.6 is 0 Å². The maximum Gasteiger partial charge on any atom is 0.266 e. The van der Waals surface area contributed by atoms with Crippen LogP contribution in [-0.2, 0) is 10.0 Å². The van der Waals surface area contributed by atoms with Crippen molar-refractivity contribution < 1.29 is 8.42 Å². The van der Waals surface area contributed by atoms with Gasteiger partial charge in [0.25, 0.3) is 15.6 Å². The average molecular weight is 416 g/mol. The molecule has 0 amide bonds. The topological polar surface area (TPSA) is 93.4 Å². The smallest absolute Gasteiger partial charge is 0.266 e. The Balaban J connectivity index is 1.83. The van der Waals surface area contributed by atoms with E-state index in [2.05, 4.69) is 14.7 Å². The van der Waals surface area contributed by atoms with Crippen molar-refractivity contribution in [1.29, 1.82) is 0 Å². The van der Waals surface area contributed by atoms with Gasteiger partial charge in [-0.3, -0.25) is 13.9 Å². The first-order valence-electron chi connectivity index (χ1n) is 9.24. The molecule has 3 aromatic carbocycles. The Bertz CT molecular complexity index is 1610. The molecule has 0 spiro atoms. The molecule has 1 N–H and O–H groups in total. The van der Waals surface area contributed by atoms with Crippen molar-refractivity contribution >= 4 is 43.4 Å². The van der Waals surface area contributed by atoms with Gasteiger partial charge in [0.05, 0.1) is 26.8 Å². The molecular formula is C22H16N4O3S. The van der Waals surface area contributed by atoms with Crippen LogP contribution in [0, 0.1) is 6.92 Å². The van der Waals surface area contributed by atoms with Gasteiger partial charge in [0.1, 0.15) is 0 Å². The van der Waals surface area contributed by atoms with Crippen molar-refractivity contribution in [3.05, 3.63) is 88.7 Å². The van der Waals surface area contributed by atoms with Crippen LogP contribution in [0.25, 0.3) is 27.6 Å². The zero-order valence-electron chi connectivity index (χ0n) is 15.9. The van der Waals surface area contributed by atoms with Gasteiger partial charge in [-0.1, -0.05) is 42.0 Å². The molecule has 30 heavy (non-hydrogen) atoms. The van der Waals surface area contributed by atoms with Gasteiger partial charge in [-0.2, -0.15) is 0 Å². The second kappa shape index (κ2) is 6.64. The van der Waals surface area contributed by atoms with Gasteiger partial charge >= 0.3 is 0 Å². The molecule has 148 valence electrons. The van der Waals surface area contributed by atoms with Crippen LogP contribution in [0.2, 0.25) is 0 Å². The monoisotopic (exact) mass is 416 g/mol. The van der Waals surface area contributed by atoms with E-state index in [9.17, 15) is 13.2 Å². The lowest BCUT2D eigenvalue weighted by molar-refractivity contribution is 0.601. The third-order valence-corrected chi connectivity index (χ3v) is 6.26. The summed E-state index contributed by atoms with van der Waals surface area (Å²) in [5, 5.41) is 0.443. The quantitative estimate of drug-likeness (QED) is 0.359. The van der Waals surface area contributed by atoms with E-state index in [0.29, 0.717) is 21.9 Å². The highest BCUT2D eigenvalue weighted by molar-refractivity contribution is 7.92. The summed E-state index contributed by atoms with van der Waals surface area (Å²) in [5.41, 5.74) is 2.30. The lowest BCUT2D eigenvalue weighted by atomic mass is 10.2. The molecule has 0 fully saturated rings. The Hall–Kier alpha value is -3.78. The number of rotatable bonds is 3. The standard InChI is InChI=1S/C22H16N4O3S/c1-14-10-12-15(13-11-14)30(28,29)25-20-21-24-17-7-3-2-6-16(17)22(27)26(21)19-9-5-4-8-18(19)23-20/h2-13H,1H3,(H,23,25). The minimum absolute atomic E-state index is 0.00266. The van der Waals surface area contributed by atoms with E-state index in [-0.39, 0.29) is 21.9 Å². The average Bonchev–Trinajstić information content (AvgIpc) is 2.74. The zero-order valence-corrected chi connectivity index (χ0v) is 16.7. The molecule has 0 saturated carbocycles. The minimum atomic E-state index is -3.92. The van der Waals surface area contributed by atoms with Crippen LogP contribution in [0.1, 0.15) is 5.56 Å². The van der Waals surface area contributed by atoms with E-state index in [1.807, 2.05) is 6.92 Å². The number of aryl methyl sites for hydroxylation is 1. The van der Waals surface area contributed by atoms with Crippen LogP contribution in [-0.4, -0.2) is 22.8 Å². The Labute approximate surface area is 171 Å². The number of aromatic nitrogens is 3. The van der Waals surface area contributed by atoms with E-state index in [1.54, 1.807) is 60.7 Å². The first-order chi connectivity index (χ1) is 14.4. The minimum Gasteiger partial charge on any atom is -0.268 e. The van der Waals surface area contributed by atoms with Crippen molar-refractivity contribution in [2.24, 2.45) is 0 Å². The summed E-state index contributed by atoms with van der Waals surface area (Å²) in [6.07, 6.45) is 0. The molecule has 8 heteroatoms. The number of benzene rings is 3.